The molecule has 0 aliphatic carbocycles. The van der Waals surface area contributed by atoms with Gasteiger partial charge < -0.3 is 15.3 Å². The summed E-state index contributed by atoms with van der Waals surface area (Å²) in [6.45, 7) is 0. The van der Waals surface area contributed by atoms with Crippen LogP contribution in [0.1, 0.15) is 31.1 Å². The van der Waals surface area contributed by atoms with E-state index in [1.165, 1.54) is 54.6 Å². The van der Waals surface area contributed by atoms with Crippen LogP contribution in [0, 0.1) is 30.3 Å². The number of benzene rings is 3. The number of nitro groups is 3. The van der Waals surface area contributed by atoms with Crippen LogP contribution in [0.2, 0.25) is 0 Å². The molecule has 37 heavy (non-hydrogen) atoms. The van der Waals surface area contributed by atoms with E-state index in [1.807, 2.05) is 0 Å². The average molecular weight is 590 g/mol. The van der Waals surface area contributed by atoms with Gasteiger partial charge in [-0.1, -0.05) is 18.2 Å². The Labute approximate surface area is 231 Å². The van der Waals surface area contributed by atoms with Gasteiger partial charge in [0.05, 0.1) is 31.5 Å². The Bertz CT molecular complexity index is 1080. The molecule has 0 bridgehead atoms. The molecule has 0 fully saturated rings. The largest absolute Gasteiger partial charge is 0.478 e. The molecule has 15 nitrogen and oxygen atoms in total. The standard InChI is InChI=1S/3C7H5NO4.Y/c3*9-7(10)5-2-1-3-6(4-5)8(11)12;/h3*1-4H,(H,9,10);. The zero-order chi connectivity index (χ0) is 27.4. The molecule has 0 aromatic heterocycles. The van der Waals surface area contributed by atoms with Crippen molar-refractivity contribution in [2.24, 2.45) is 0 Å². The molecule has 0 amide bonds. The van der Waals surface area contributed by atoms with Crippen LogP contribution < -0.4 is 0 Å². The molecule has 1 radical (unpaired) electrons. The van der Waals surface area contributed by atoms with E-state index >= 15 is 0 Å². The molecule has 0 unspecified atom stereocenters. The van der Waals surface area contributed by atoms with Gasteiger partial charge in [0.1, 0.15) is 0 Å². The van der Waals surface area contributed by atoms with Crippen LogP contribution in [0.25, 0.3) is 0 Å². The summed E-state index contributed by atoms with van der Waals surface area (Å²) in [6.07, 6.45) is 0. The van der Waals surface area contributed by atoms with E-state index < -0.39 is 32.7 Å². The minimum Gasteiger partial charge on any atom is -0.478 e. The number of carboxylic acids is 3. The maximum absolute atomic E-state index is 10.4. The van der Waals surface area contributed by atoms with E-state index in [4.69, 9.17) is 15.3 Å². The van der Waals surface area contributed by atoms with Gasteiger partial charge in [0.15, 0.2) is 0 Å². The Morgan fingerprint density at radius 1 is 0.514 bits per heavy atom. The van der Waals surface area contributed by atoms with E-state index in [0.29, 0.717) is 0 Å². The van der Waals surface area contributed by atoms with Gasteiger partial charge in [0.25, 0.3) is 17.1 Å². The maximum atomic E-state index is 10.4. The molecule has 189 valence electrons. The number of non-ortho nitro benzene ring substituents is 3. The minimum atomic E-state index is -1.17. The number of nitro benzene ring substituents is 3. The van der Waals surface area contributed by atoms with Crippen molar-refractivity contribution < 1.29 is 77.2 Å². The van der Waals surface area contributed by atoms with Crippen LogP contribution in [-0.2, 0) is 32.7 Å². The fourth-order valence-electron chi connectivity index (χ4n) is 2.26. The number of nitrogens with zero attached hydrogens (tertiary/aromatic N) is 3. The molecule has 3 aromatic rings. The van der Waals surface area contributed by atoms with Crippen LogP contribution in [0.5, 0.6) is 0 Å². The van der Waals surface area contributed by atoms with Crippen LogP contribution in [-0.4, -0.2) is 48.0 Å². The topological polar surface area (TPSA) is 241 Å². The van der Waals surface area contributed by atoms with Gasteiger partial charge in [-0.2, -0.15) is 0 Å². The summed E-state index contributed by atoms with van der Waals surface area (Å²) in [5.41, 5.74) is -0.877. The van der Waals surface area contributed by atoms with Crippen LogP contribution in [0.4, 0.5) is 17.1 Å². The van der Waals surface area contributed by atoms with Crippen molar-refractivity contribution in [3.8, 4) is 0 Å². The second-order valence-electron chi connectivity index (χ2n) is 6.34. The van der Waals surface area contributed by atoms with Crippen LogP contribution in [0.15, 0.2) is 72.8 Å². The molecule has 3 rings (SSSR count). The molecule has 0 heterocycles. The first kappa shape index (κ1) is 32.4. The zero-order valence-corrected chi connectivity index (χ0v) is 21.2. The molecule has 0 aliphatic heterocycles. The molecule has 16 heteroatoms. The van der Waals surface area contributed by atoms with Crippen LogP contribution in [0.3, 0.4) is 0 Å². The Kier molecular flexibility index (Phi) is 13.5. The van der Waals surface area contributed by atoms with Crippen molar-refractivity contribution in [1.82, 2.24) is 0 Å². The molecular formula is C21H15N3O12Y. The van der Waals surface area contributed by atoms with E-state index in [0.717, 1.165) is 18.2 Å². The zero-order valence-electron chi connectivity index (χ0n) is 18.4. The second-order valence-corrected chi connectivity index (χ2v) is 6.34. The first-order valence-corrected chi connectivity index (χ1v) is 9.26. The number of aromatic carboxylic acids is 3. The van der Waals surface area contributed by atoms with Crippen molar-refractivity contribution >= 4 is 35.0 Å². The van der Waals surface area contributed by atoms with Gasteiger partial charge in [-0.15, -0.1) is 0 Å². The normalized spacial score (nSPS) is 9.08. The van der Waals surface area contributed by atoms with E-state index in [9.17, 15) is 44.7 Å². The third-order valence-corrected chi connectivity index (χ3v) is 3.91. The number of hydrogen-bond acceptors (Lipinski definition) is 9. The van der Waals surface area contributed by atoms with E-state index in [-0.39, 0.29) is 66.5 Å². The second kappa shape index (κ2) is 15.4. The molecule has 0 saturated carbocycles. The Balaban J connectivity index is 0.000000518. The first-order chi connectivity index (χ1) is 16.8. The summed E-state index contributed by atoms with van der Waals surface area (Å²) in [6, 6.07) is 14.7. The molecule has 0 aliphatic rings. The molecular weight excluding hydrogens is 575 g/mol. The van der Waals surface area contributed by atoms with Gasteiger partial charge in [-0.3, -0.25) is 30.3 Å². The van der Waals surface area contributed by atoms with Crippen LogP contribution >= 0.6 is 0 Å². The Hall–Kier alpha value is -4.63. The summed E-state index contributed by atoms with van der Waals surface area (Å²) in [5.74, 6) is -3.50. The van der Waals surface area contributed by atoms with E-state index in [2.05, 4.69) is 0 Å². The summed E-state index contributed by atoms with van der Waals surface area (Å²) < 4.78 is 0. The van der Waals surface area contributed by atoms with Gasteiger partial charge in [-0.05, 0) is 18.2 Å². The van der Waals surface area contributed by atoms with Gasteiger partial charge >= 0.3 is 17.9 Å². The Morgan fingerprint density at radius 3 is 0.892 bits per heavy atom. The quantitative estimate of drug-likeness (QED) is 0.274. The van der Waals surface area contributed by atoms with Crippen molar-refractivity contribution in [2.45, 2.75) is 0 Å². The molecule has 0 spiro atoms. The van der Waals surface area contributed by atoms with Gasteiger partial charge in [-0.25, -0.2) is 14.4 Å². The SMILES string of the molecule is O=C(O)c1cccc([N+](=O)[O-])c1.O=C(O)c1cccc([N+](=O)[O-])c1.O=C(O)c1cccc([N+](=O)[O-])c1.[Y]. The summed E-state index contributed by atoms with van der Waals surface area (Å²) in [5, 5.41) is 56.0. The smallest absolute Gasteiger partial charge is 0.335 e. The molecule has 3 N–H and O–H groups in total. The number of carbonyl (C=O) groups is 3. The number of hydrogen-bond donors (Lipinski definition) is 3. The van der Waals surface area contributed by atoms with Crippen molar-refractivity contribution in [3.63, 3.8) is 0 Å². The minimum absolute atomic E-state index is 0. The summed E-state index contributed by atoms with van der Waals surface area (Å²) in [4.78, 5) is 59.7. The fourth-order valence-corrected chi connectivity index (χ4v) is 2.26. The van der Waals surface area contributed by atoms with Crippen molar-refractivity contribution in [1.29, 1.82) is 0 Å². The maximum Gasteiger partial charge on any atom is 0.335 e. The van der Waals surface area contributed by atoms with Crippen molar-refractivity contribution in [2.75, 3.05) is 0 Å². The number of carboxylic acid groups (broad SMARTS) is 3. The monoisotopic (exact) mass is 590 g/mol. The van der Waals surface area contributed by atoms with Crippen molar-refractivity contribution in [3.05, 3.63) is 120 Å². The van der Waals surface area contributed by atoms with E-state index in [1.54, 1.807) is 0 Å². The Morgan fingerprint density at radius 2 is 0.730 bits per heavy atom. The predicted octanol–water partition coefficient (Wildman–Crippen LogP) is 3.88. The summed E-state index contributed by atoms with van der Waals surface area (Å²) in [7, 11) is 0. The third kappa shape index (κ3) is 11.1. The summed E-state index contributed by atoms with van der Waals surface area (Å²) >= 11 is 0. The molecule has 0 saturated heterocycles. The van der Waals surface area contributed by atoms with Gasteiger partial charge in [0, 0.05) is 69.1 Å². The predicted molar refractivity (Wildman–Crippen MR) is 120 cm³/mol. The van der Waals surface area contributed by atoms with Gasteiger partial charge in [0.2, 0.25) is 0 Å². The average Bonchev–Trinajstić information content (AvgIpc) is 2.85. The number of rotatable bonds is 6. The first-order valence-electron chi connectivity index (χ1n) is 9.26. The molecule has 3 aromatic carbocycles. The molecule has 0 atom stereocenters. The third-order valence-electron chi connectivity index (χ3n) is 3.91. The fraction of sp³-hybridized carbons (Fsp3) is 0.